The van der Waals surface area contributed by atoms with E-state index < -0.39 is 5.60 Å². The van der Waals surface area contributed by atoms with Gasteiger partial charge in [0, 0.05) is 25.2 Å². The molecule has 3 unspecified atom stereocenters. The lowest BCUT2D eigenvalue weighted by molar-refractivity contribution is 0.0256. The summed E-state index contributed by atoms with van der Waals surface area (Å²) in [7, 11) is 0. The van der Waals surface area contributed by atoms with E-state index in [0.29, 0.717) is 12.1 Å². The molecular weight excluding hydrogens is 276 g/mol. The lowest BCUT2D eigenvalue weighted by Gasteiger charge is -2.27. The quantitative estimate of drug-likeness (QED) is 0.827. The first-order valence-electron chi connectivity index (χ1n) is 8.95. The average molecular weight is 312 g/mol. The van der Waals surface area contributed by atoms with E-state index in [9.17, 15) is 4.79 Å². The maximum Gasteiger partial charge on any atom is 0.410 e. The monoisotopic (exact) mass is 312 g/mol. The Morgan fingerprint density at radius 3 is 2.55 bits per heavy atom. The lowest BCUT2D eigenvalue weighted by Crippen LogP contribution is -2.40. The molecule has 0 aromatic rings. The van der Waals surface area contributed by atoms with E-state index in [1.165, 1.54) is 12.8 Å². The summed E-state index contributed by atoms with van der Waals surface area (Å²) < 4.78 is 5.48. The second-order valence-corrected chi connectivity index (χ2v) is 7.91. The van der Waals surface area contributed by atoms with Crippen molar-refractivity contribution < 1.29 is 9.53 Å². The van der Waals surface area contributed by atoms with Gasteiger partial charge in [-0.25, -0.2) is 4.79 Å². The van der Waals surface area contributed by atoms with Gasteiger partial charge in [-0.2, -0.15) is 0 Å². The van der Waals surface area contributed by atoms with Gasteiger partial charge in [0.05, 0.1) is 0 Å². The highest BCUT2D eigenvalue weighted by molar-refractivity contribution is 5.68. The maximum absolute atomic E-state index is 12.2. The number of rotatable bonds is 5. The SMILES string of the molecule is CCC(C)CC(C)NC1CCCN(C(=O)OC(C)(C)C)CC1. The maximum atomic E-state index is 12.2. The van der Waals surface area contributed by atoms with Crippen LogP contribution in [0.1, 0.15) is 73.6 Å². The molecule has 0 aromatic heterocycles. The molecule has 1 N–H and O–H groups in total. The van der Waals surface area contributed by atoms with E-state index in [0.717, 1.165) is 38.3 Å². The molecule has 1 fully saturated rings. The van der Waals surface area contributed by atoms with Crippen LogP contribution in [0.2, 0.25) is 0 Å². The molecule has 1 rings (SSSR count). The standard InChI is InChI=1S/C18H36N2O2/c1-7-14(2)13-15(3)19-16-9-8-11-20(12-10-16)17(21)22-18(4,5)6/h14-16,19H,7-13H2,1-6H3. The summed E-state index contributed by atoms with van der Waals surface area (Å²) in [5.74, 6) is 0.770. The van der Waals surface area contributed by atoms with Gasteiger partial charge in [0.1, 0.15) is 5.60 Å². The van der Waals surface area contributed by atoms with Gasteiger partial charge in [0.2, 0.25) is 0 Å². The van der Waals surface area contributed by atoms with Crippen LogP contribution in [0.4, 0.5) is 4.79 Å². The molecular formula is C18H36N2O2. The van der Waals surface area contributed by atoms with E-state index in [4.69, 9.17) is 4.74 Å². The molecule has 0 saturated carbocycles. The van der Waals surface area contributed by atoms with E-state index in [1.54, 1.807) is 0 Å². The van der Waals surface area contributed by atoms with Crippen LogP contribution >= 0.6 is 0 Å². The molecule has 4 nitrogen and oxygen atoms in total. The predicted octanol–water partition coefficient (Wildman–Crippen LogP) is 4.19. The Kier molecular flexibility index (Phi) is 7.67. The van der Waals surface area contributed by atoms with E-state index in [2.05, 4.69) is 26.1 Å². The van der Waals surface area contributed by atoms with Crippen molar-refractivity contribution in [3.8, 4) is 0 Å². The van der Waals surface area contributed by atoms with Crippen molar-refractivity contribution in [2.45, 2.75) is 91.3 Å². The van der Waals surface area contributed by atoms with Gasteiger partial charge in [-0.15, -0.1) is 0 Å². The van der Waals surface area contributed by atoms with Crippen LogP contribution in [-0.2, 0) is 4.74 Å². The van der Waals surface area contributed by atoms with Crippen LogP contribution in [0.3, 0.4) is 0 Å². The number of likely N-dealkylation sites (tertiary alicyclic amines) is 1. The molecule has 0 aliphatic carbocycles. The second kappa shape index (κ2) is 8.76. The van der Waals surface area contributed by atoms with Crippen molar-refractivity contribution in [3.05, 3.63) is 0 Å². The Labute approximate surface area is 137 Å². The molecule has 130 valence electrons. The summed E-state index contributed by atoms with van der Waals surface area (Å²) in [5, 5.41) is 3.75. The van der Waals surface area contributed by atoms with E-state index >= 15 is 0 Å². The first-order valence-corrected chi connectivity index (χ1v) is 8.95. The molecule has 1 saturated heterocycles. The summed E-state index contributed by atoms with van der Waals surface area (Å²) in [4.78, 5) is 14.0. The second-order valence-electron chi connectivity index (χ2n) is 7.91. The number of nitrogens with one attached hydrogen (secondary N) is 1. The van der Waals surface area contributed by atoms with Gasteiger partial charge >= 0.3 is 6.09 Å². The molecule has 3 atom stereocenters. The highest BCUT2D eigenvalue weighted by atomic mass is 16.6. The average Bonchev–Trinajstić information content (AvgIpc) is 2.62. The van der Waals surface area contributed by atoms with Crippen molar-refractivity contribution in [2.75, 3.05) is 13.1 Å². The normalized spacial score (nSPS) is 22.8. The lowest BCUT2D eigenvalue weighted by atomic mass is 9.99. The molecule has 0 bridgehead atoms. The number of hydrogen-bond donors (Lipinski definition) is 1. The summed E-state index contributed by atoms with van der Waals surface area (Å²) in [5.41, 5.74) is -0.411. The Hall–Kier alpha value is -0.770. The minimum Gasteiger partial charge on any atom is -0.444 e. The highest BCUT2D eigenvalue weighted by Crippen LogP contribution is 2.17. The van der Waals surface area contributed by atoms with Crippen LogP contribution in [0, 0.1) is 5.92 Å². The third-order valence-corrected chi connectivity index (χ3v) is 4.35. The number of amides is 1. The molecule has 1 aliphatic heterocycles. The van der Waals surface area contributed by atoms with Crippen molar-refractivity contribution in [3.63, 3.8) is 0 Å². The molecule has 0 spiro atoms. The van der Waals surface area contributed by atoms with Crippen molar-refractivity contribution in [1.82, 2.24) is 10.2 Å². The number of carbonyl (C=O) groups is 1. The topological polar surface area (TPSA) is 41.6 Å². The fraction of sp³-hybridized carbons (Fsp3) is 0.944. The summed E-state index contributed by atoms with van der Waals surface area (Å²) >= 11 is 0. The van der Waals surface area contributed by atoms with Gasteiger partial charge in [-0.05, 0) is 59.3 Å². The van der Waals surface area contributed by atoms with Crippen LogP contribution in [-0.4, -0.2) is 41.8 Å². The van der Waals surface area contributed by atoms with E-state index in [-0.39, 0.29) is 6.09 Å². The minimum atomic E-state index is -0.411. The van der Waals surface area contributed by atoms with Gasteiger partial charge in [-0.1, -0.05) is 20.3 Å². The van der Waals surface area contributed by atoms with Crippen molar-refractivity contribution >= 4 is 6.09 Å². The molecule has 0 radical (unpaired) electrons. The molecule has 4 heteroatoms. The first-order chi connectivity index (χ1) is 10.2. The van der Waals surface area contributed by atoms with Gasteiger partial charge < -0.3 is 15.0 Å². The van der Waals surface area contributed by atoms with Gasteiger partial charge in [0.15, 0.2) is 0 Å². The minimum absolute atomic E-state index is 0.166. The third-order valence-electron chi connectivity index (χ3n) is 4.35. The predicted molar refractivity (Wildman–Crippen MR) is 92.1 cm³/mol. The molecule has 1 amide bonds. The summed E-state index contributed by atoms with van der Waals surface area (Å²) in [6, 6.07) is 1.07. The van der Waals surface area contributed by atoms with Crippen LogP contribution in [0.5, 0.6) is 0 Å². The Morgan fingerprint density at radius 1 is 1.27 bits per heavy atom. The fourth-order valence-electron chi connectivity index (χ4n) is 3.01. The summed E-state index contributed by atoms with van der Waals surface area (Å²) in [6.07, 6.45) is 5.51. The summed E-state index contributed by atoms with van der Waals surface area (Å²) in [6.45, 7) is 14.2. The molecule has 0 aromatic carbocycles. The number of carbonyl (C=O) groups excluding carboxylic acids is 1. The molecule has 1 aliphatic rings. The highest BCUT2D eigenvalue weighted by Gasteiger charge is 2.25. The van der Waals surface area contributed by atoms with E-state index in [1.807, 2.05) is 25.7 Å². The fourth-order valence-corrected chi connectivity index (χ4v) is 3.01. The largest absolute Gasteiger partial charge is 0.444 e. The zero-order valence-electron chi connectivity index (χ0n) is 15.4. The Balaban J connectivity index is 2.40. The van der Waals surface area contributed by atoms with Crippen molar-refractivity contribution in [2.24, 2.45) is 5.92 Å². The van der Waals surface area contributed by atoms with Crippen LogP contribution in [0.25, 0.3) is 0 Å². The smallest absolute Gasteiger partial charge is 0.410 e. The van der Waals surface area contributed by atoms with Crippen LogP contribution in [0.15, 0.2) is 0 Å². The molecule has 22 heavy (non-hydrogen) atoms. The third kappa shape index (κ3) is 7.48. The van der Waals surface area contributed by atoms with Gasteiger partial charge in [-0.3, -0.25) is 0 Å². The number of hydrogen-bond acceptors (Lipinski definition) is 3. The number of nitrogens with zero attached hydrogens (tertiary/aromatic N) is 1. The zero-order valence-corrected chi connectivity index (χ0v) is 15.4. The number of ether oxygens (including phenoxy) is 1. The zero-order chi connectivity index (χ0) is 16.8. The Morgan fingerprint density at radius 2 is 1.95 bits per heavy atom. The van der Waals surface area contributed by atoms with Gasteiger partial charge in [0.25, 0.3) is 0 Å². The van der Waals surface area contributed by atoms with Crippen LogP contribution < -0.4 is 5.32 Å². The first kappa shape index (κ1) is 19.3. The molecule has 1 heterocycles. The van der Waals surface area contributed by atoms with Crippen molar-refractivity contribution in [1.29, 1.82) is 0 Å². The Bertz CT molecular complexity index is 338.